The van der Waals surface area contributed by atoms with Gasteiger partial charge in [0.2, 0.25) is 0 Å². The minimum Gasteiger partial charge on any atom is -0.314 e. The maximum atomic E-state index is 3.97. The summed E-state index contributed by atoms with van der Waals surface area (Å²) in [7, 11) is 0. The van der Waals surface area contributed by atoms with Gasteiger partial charge in [0.1, 0.15) is 0 Å². The molecule has 2 saturated carbocycles. The van der Waals surface area contributed by atoms with Gasteiger partial charge in [-0.15, -0.1) is 0 Å². The lowest BCUT2D eigenvalue weighted by atomic mass is 9.78. The van der Waals surface area contributed by atoms with E-state index in [1.165, 1.54) is 83.7 Å². The molecule has 1 heterocycles. The normalized spacial score (nSPS) is 41.3. The van der Waals surface area contributed by atoms with Gasteiger partial charge in [-0.25, -0.2) is 0 Å². The molecule has 2 N–H and O–H groups in total. The molecule has 0 aromatic rings. The second-order valence-corrected chi connectivity index (χ2v) is 8.13. The van der Waals surface area contributed by atoms with Crippen LogP contribution >= 0.6 is 0 Å². The monoisotopic (exact) mass is 292 g/mol. The van der Waals surface area contributed by atoms with Crippen molar-refractivity contribution in [3.8, 4) is 0 Å². The largest absolute Gasteiger partial charge is 0.314 e. The highest BCUT2D eigenvalue weighted by atomic mass is 15.0. The van der Waals surface area contributed by atoms with Crippen LogP contribution in [0, 0.1) is 17.8 Å². The molecule has 2 nitrogen and oxygen atoms in total. The first-order valence-corrected chi connectivity index (χ1v) is 9.79. The molecule has 1 aliphatic heterocycles. The molecule has 3 aliphatic rings. The zero-order valence-electron chi connectivity index (χ0n) is 14.1. The third-order valence-corrected chi connectivity index (χ3v) is 6.53. The summed E-state index contributed by atoms with van der Waals surface area (Å²) >= 11 is 0. The third-order valence-electron chi connectivity index (χ3n) is 6.53. The van der Waals surface area contributed by atoms with Crippen LogP contribution in [0.4, 0.5) is 0 Å². The van der Waals surface area contributed by atoms with Crippen molar-refractivity contribution in [3.05, 3.63) is 0 Å². The second kappa shape index (κ2) is 7.97. The summed E-state index contributed by atoms with van der Waals surface area (Å²) in [5, 5.41) is 7.73. The first kappa shape index (κ1) is 15.8. The second-order valence-electron chi connectivity index (χ2n) is 8.13. The maximum absolute atomic E-state index is 3.97. The predicted octanol–water partition coefficient (Wildman–Crippen LogP) is 4.10. The molecule has 2 aliphatic carbocycles. The SMILES string of the molecule is CC1CCC(CCNC2CCCCC2C2CCCN2)CC1. The van der Waals surface area contributed by atoms with Gasteiger partial charge in [0.15, 0.2) is 0 Å². The lowest BCUT2D eigenvalue weighted by molar-refractivity contribution is 0.206. The van der Waals surface area contributed by atoms with Crippen molar-refractivity contribution in [2.45, 2.75) is 89.6 Å². The fourth-order valence-electron chi connectivity index (χ4n) is 5.06. The topological polar surface area (TPSA) is 24.1 Å². The lowest BCUT2D eigenvalue weighted by Gasteiger charge is -2.37. The quantitative estimate of drug-likeness (QED) is 0.797. The summed E-state index contributed by atoms with van der Waals surface area (Å²) in [6.45, 7) is 4.96. The number of hydrogen-bond donors (Lipinski definition) is 2. The summed E-state index contributed by atoms with van der Waals surface area (Å²) < 4.78 is 0. The van der Waals surface area contributed by atoms with Gasteiger partial charge in [-0.1, -0.05) is 45.4 Å². The van der Waals surface area contributed by atoms with Crippen molar-refractivity contribution < 1.29 is 0 Å². The van der Waals surface area contributed by atoms with Crippen LogP contribution in [0.15, 0.2) is 0 Å². The highest BCUT2D eigenvalue weighted by Crippen LogP contribution is 2.32. The number of rotatable bonds is 5. The van der Waals surface area contributed by atoms with Gasteiger partial charge in [-0.2, -0.15) is 0 Å². The summed E-state index contributed by atoms with van der Waals surface area (Å²) in [4.78, 5) is 0. The van der Waals surface area contributed by atoms with Gasteiger partial charge in [0.25, 0.3) is 0 Å². The highest BCUT2D eigenvalue weighted by Gasteiger charge is 2.32. The first-order chi connectivity index (χ1) is 10.3. The molecule has 0 radical (unpaired) electrons. The molecule has 3 rings (SSSR count). The van der Waals surface area contributed by atoms with Crippen molar-refractivity contribution >= 4 is 0 Å². The molecule has 0 aromatic heterocycles. The lowest BCUT2D eigenvalue weighted by Crippen LogP contribution is -2.47. The van der Waals surface area contributed by atoms with Crippen molar-refractivity contribution in [1.82, 2.24) is 10.6 Å². The van der Waals surface area contributed by atoms with Crippen LogP contribution in [0.5, 0.6) is 0 Å². The van der Waals surface area contributed by atoms with Gasteiger partial charge in [-0.05, 0) is 62.9 Å². The Bertz CT molecular complexity index is 290. The minimum atomic E-state index is 0.803. The summed E-state index contributed by atoms with van der Waals surface area (Å²) in [5.74, 6) is 2.92. The molecule has 2 heteroatoms. The molecule has 3 fully saturated rings. The molecule has 1 saturated heterocycles. The van der Waals surface area contributed by atoms with Crippen LogP contribution < -0.4 is 10.6 Å². The highest BCUT2D eigenvalue weighted by molar-refractivity contribution is 4.91. The zero-order chi connectivity index (χ0) is 14.5. The molecule has 3 unspecified atom stereocenters. The van der Waals surface area contributed by atoms with Crippen molar-refractivity contribution in [1.29, 1.82) is 0 Å². The van der Waals surface area contributed by atoms with E-state index in [0.717, 1.165) is 29.8 Å². The van der Waals surface area contributed by atoms with Crippen LogP contribution in [0.2, 0.25) is 0 Å². The Morgan fingerprint density at radius 1 is 0.905 bits per heavy atom. The first-order valence-electron chi connectivity index (χ1n) is 9.79. The van der Waals surface area contributed by atoms with E-state index in [1.807, 2.05) is 0 Å². The summed E-state index contributed by atoms with van der Waals surface area (Å²) in [6.07, 6.45) is 15.9. The van der Waals surface area contributed by atoms with Crippen molar-refractivity contribution in [2.75, 3.05) is 13.1 Å². The Kier molecular flexibility index (Phi) is 5.99. The Balaban J connectivity index is 1.40. The van der Waals surface area contributed by atoms with Crippen molar-refractivity contribution in [3.63, 3.8) is 0 Å². The van der Waals surface area contributed by atoms with E-state index in [0.29, 0.717) is 0 Å². The standard InChI is InChI=1S/C19H36N2/c1-15-8-10-16(11-9-15)12-14-21-18-6-3-2-5-17(18)19-7-4-13-20-19/h15-21H,2-14H2,1H3. The molecule has 0 spiro atoms. The van der Waals surface area contributed by atoms with E-state index in [-0.39, 0.29) is 0 Å². The fraction of sp³-hybridized carbons (Fsp3) is 1.00. The Labute approximate surface area is 131 Å². The molecule has 0 aromatic carbocycles. The molecule has 21 heavy (non-hydrogen) atoms. The van der Waals surface area contributed by atoms with Gasteiger partial charge in [-0.3, -0.25) is 0 Å². The molecule has 0 amide bonds. The number of nitrogens with one attached hydrogen (secondary N) is 2. The number of hydrogen-bond acceptors (Lipinski definition) is 2. The molecular weight excluding hydrogens is 256 g/mol. The van der Waals surface area contributed by atoms with Crippen LogP contribution in [0.1, 0.15) is 77.6 Å². The average molecular weight is 293 g/mol. The maximum Gasteiger partial charge on any atom is 0.0111 e. The third kappa shape index (κ3) is 4.45. The smallest absolute Gasteiger partial charge is 0.0111 e. The van der Waals surface area contributed by atoms with Gasteiger partial charge in [0.05, 0.1) is 0 Å². The Morgan fingerprint density at radius 3 is 2.48 bits per heavy atom. The van der Waals surface area contributed by atoms with E-state index in [1.54, 1.807) is 0 Å². The van der Waals surface area contributed by atoms with Crippen LogP contribution in [0.25, 0.3) is 0 Å². The van der Waals surface area contributed by atoms with Crippen molar-refractivity contribution in [2.24, 2.45) is 17.8 Å². The summed E-state index contributed by atoms with van der Waals surface area (Å²) in [6, 6.07) is 1.62. The van der Waals surface area contributed by atoms with E-state index in [4.69, 9.17) is 0 Å². The molecule has 3 atom stereocenters. The summed E-state index contributed by atoms with van der Waals surface area (Å²) in [5.41, 5.74) is 0. The van der Waals surface area contributed by atoms with Gasteiger partial charge < -0.3 is 10.6 Å². The fourth-order valence-corrected chi connectivity index (χ4v) is 5.06. The molecular formula is C19H36N2. The van der Waals surface area contributed by atoms with Crippen LogP contribution in [0.3, 0.4) is 0 Å². The Morgan fingerprint density at radius 2 is 1.71 bits per heavy atom. The minimum absolute atomic E-state index is 0.803. The zero-order valence-corrected chi connectivity index (χ0v) is 14.1. The van der Waals surface area contributed by atoms with E-state index >= 15 is 0 Å². The van der Waals surface area contributed by atoms with Gasteiger partial charge in [0, 0.05) is 12.1 Å². The molecule has 122 valence electrons. The predicted molar refractivity (Wildman–Crippen MR) is 90.5 cm³/mol. The average Bonchev–Trinajstić information content (AvgIpc) is 3.04. The Hall–Kier alpha value is -0.0800. The molecule has 0 bridgehead atoms. The van der Waals surface area contributed by atoms with E-state index in [2.05, 4.69) is 17.6 Å². The van der Waals surface area contributed by atoms with E-state index < -0.39 is 0 Å². The van der Waals surface area contributed by atoms with Crippen LogP contribution in [-0.2, 0) is 0 Å². The van der Waals surface area contributed by atoms with E-state index in [9.17, 15) is 0 Å². The van der Waals surface area contributed by atoms with Crippen LogP contribution in [-0.4, -0.2) is 25.2 Å². The van der Waals surface area contributed by atoms with Gasteiger partial charge >= 0.3 is 0 Å².